The van der Waals surface area contributed by atoms with E-state index in [1.165, 1.54) is 0 Å². The number of carbonyl (C=O) groups is 1. The van der Waals surface area contributed by atoms with Crippen LogP contribution in [0.4, 0.5) is 5.69 Å². The third-order valence-electron chi connectivity index (χ3n) is 3.19. The molecule has 0 bridgehead atoms. The molecule has 0 heterocycles. The minimum Gasteiger partial charge on any atom is -0.352 e. The first-order chi connectivity index (χ1) is 9.61. The van der Waals surface area contributed by atoms with Gasteiger partial charge in [0.25, 0.3) is 0 Å². The van der Waals surface area contributed by atoms with Gasteiger partial charge in [-0.2, -0.15) is 0 Å². The largest absolute Gasteiger partial charge is 0.352 e. The maximum Gasteiger partial charge on any atom is 0.240 e. The summed E-state index contributed by atoms with van der Waals surface area (Å²) in [7, 11) is -3.55. The second kappa shape index (κ2) is 7.13. The number of carbonyl (C=O) groups excluding carboxylic acids is 1. The molecule has 7 heteroatoms. The topological polar surface area (TPSA) is 66.5 Å². The van der Waals surface area contributed by atoms with E-state index in [-0.39, 0.29) is 24.4 Å². The van der Waals surface area contributed by atoms with E-state index >= 15 is 0 Å². The summed E-state index contributed by atoms with van der Waals surface area (Å²) in [6, 6.07) is 6.29. The average molecular weight is 333 g/mol. The van der Waals surface area contributed by atoms with Gasteiger partial charge in [0.05, 0.1) is 11.9 Å². The van der Waals surface area contributed by atoms with Crippen molar-refractivity contribution in [2.45, 2.75) is 26.8 Å². The summed E-state index contributed by atoms with van der Waals surface area (Å²) >= 11 is 5.79. The third kappa shape index (κ3) is 5.55. The molecule has 0 aliphatic heterocycles. The van der Waals surface area contributed by atoms with Crippen molar-refractivity contribution in [3.05, 3.63) is 29.3 Å². The molecule has 0 aromatic heterocycles. The number of nitrogens with one attached hydrogen (secondary N) is 1. The number of hydrogen-bond donors (Lipinski definition) is 1. The van der Waals surface area contributed by atoms with Crippen LogP contribution >= 0.6 is 11.6 Å². The van der Waals surface area contributed by atoms with Crippen LogP contribution in [0.2, 0.25) is 5.02 Å². The number of rotatable bonds is 6. The normalized spacial score (nSPS) is 13.0. The highest BCUT2D eigenvalue weighted by molar-refractivity contribution is 7.92. The van der Waals surface area contributed by atoms with Gasteiger partial charge >= 0.3 is 0 Å². The highest BCUT2D eigenvalue weighted by Crippen LogP contribution is 2.20. The molecule has 118 valence electrons. The molecule has 0 fully saturated rings. The zero-order valence-electron chi connectivity index (χ0n) is 12.6. The Labute approximate surface area is 131 Å². The Morgan fingerprint density at radius 2 is 1.76 bits per heavy atom. The SMILES string of the molecule is CC(C)[C@@H](C)NC(=O)CN(c1ccc(Cl)cc1)S(C)(=O)=O. The molecule has 1 amide bonds. The Hall–Kier alpha value is -1.27. The zero-order chi connectivity index (χ0) is 16.2. The van der Waals surface area contributed by atoms with E-state index in [4.69, 9.17) is 11.6 Å². The fraction of sp³-hybridized carbons (Fsp3) is 0.500. The molecule has 1 rings (SSSR count). The van der Waals surface area contributed by atoms with Crippen LogP contribution in [0, 0.1) is 5.92 Å². The molecule has 0 aliphatic rings. The number of halogens is 1. The smallest absolute Gasteiger partial charge is 0.240 e. The van der Waals surface area contributed by atoms with Crippen molar-refractivity contribution in [2.75, 3.05) is 17.1 Å². The minimum absolute atomic E-state index is 0.0240. The van der Waals surface area contributed by atoms with E-state index in [9.17, 15) is 13.2 Å². The number of hydrogen-bond acceptors (Lipinski definition) is 3. The van der Waals surface area contributed by atoms with Crippen LogP contribution < -0.4 is 9.62 Å². The van der Waals surface area contributed by atoms with E-state index in [0.29, 0.717) is 10.7 Å². The van der Waals surface area contributed by atoms with Gasteiger partial charge < -0.3 is 5.32 Å². The molecule has 1 N–H and O–H groups in total. The second-order valence-electron chi connectivity index (χ2n) is 5.35. The highest BCUT2D eigenvalue weighted by Gasteiger charge is 2.22. The summed E-state index contributed by atoms with van der Waals surface area (Å²) in [6.07, 6.45) is 1.07. The van der Waals surface area contributed by atoms with Crippen LogP contribution in [-0.4, -0.2) is 33.2 Å². The predicted octanol–water partition coefficient (Wildman–Crippen LogP) is 2.27. The molecule has 0 spiro atoms. The summed E-state index contributed by atoms with van der Waals surface area (Å²) < 4.78 is 24.8. The first-order valence-corrected chi connectivity index (χ1v) is 8.86. The predicted molar refractivity (Wildman–Crippen MR) is 86.1 cm³/mol. The lowest BCUT2D eigenvalue weighted by Gasteiger charge is -2.24. The van der Waals surface area contributed by atoms with Crippen molar-refractivity contribution in [3.8, 4) is 0 Å². The fourth-order valence-corrected chi connectivity index (χ4v) is 2.59. The van der Waals surface area contributed by atoms with Crippen LogP contribution in [0.15, 0.2) is 24.3 Å². The van der Waals surface area contributed by atoms with E-state index in [0.717, 1.165) is 10.6 Å². The van der Waals surface area contributed by atoms with Gasteiger partial charge in [-0.15, -0.1) is 0 Å². The van der Waals surface area contributed by atoms with E-state index in [2.05, 4.69) is 5.32 Å². The van der Waals surface area contributed by atoms with Gasteiger partial charge in [0.2, 0.25) is 15.9 Å². The standard InChI is InChI=1S/C14H21ClN2O3S/c1-10(2)11(3)16-14(18)9-17(21(4,19)20)13-7-5-12(15)6-8-13/h5-8,10-11H,9H2,1-4H3,(H,16,18)/t11-/m1/s1. The zero-order valence-corrected chi connectivity index (χ0v) is 14.2. The van der Waals surface area contributed by atoms with Gasteiger partial charge in [-0.25, -0.2) is 8.42 Å². The van der Waals surface area contributed by atoms with Crippen molar-refractivity contribution < 1.29 is 13.2 Å². The van der Waals surface area contributed by atoms with Crippen LogP contribution in [0.25, 0.3) is 0 Å². The number of benzene rings is 1. The Kier molecular flexibility index (Phi) is 6.04. The first kappa shape index (κ1) is 17.8. The van der Waals surface area contributed by atoms with Gasteiger partial charge in [0.15, 0.2) is 0 Å². The Morgan fingerprint density at radius 3 is 2.19 bits per heavy atom. The maximum atomic E-state index is 12.0. The molecule has 0 saturated heterocycles. The van der Waals surface area contributed by atoms with Crippen molar-refractivity contribution in [1.29, 1.82) is 0 Å². The second-order valence-corrected chi connectivity index (χ2v) is 7.69. The van der Waals surface area contributed by atoms with E-state index in [1.807, 2.05) is 20.8 Å². The number of nitrogens with zero attached hydrogens (tertiary/aromatic N) is 1. The first-order valence-electron chi connectivity index (χ1n) is 6.64. The summed E-state index contributed by atoms with van der Waals surface area (Å²) in [5.41, 5.74) is 0.411. The quantitative estimate of drug-likeness (QED) is 0.869. The van der Waals surface area contributed by atoms with E-state index < -0.39 is 10.0 Å². The molecule has 21 heavy (non-hydrogen) atoms. The molecule has 0 unspecified atom stereocenters. The average Bonchev–Trinajstić information content (AvgIpc) is 2.35. The van der Waals surface area contributed by atoms with Gasteiger partial charge in [-0.3, -0.25) is 9.10 Å². The van der Waals surface area contributed by atoms with Crippen molar-refractivity contribution in [3.63, 3.8) is 0 Å². The lowest BCUT2D eigenvalue weighted by molar-refractivity contribution is -0.120. The van der Waals surface area contributed by atoms with Gasteiger partial charge in [0, 0.05) is 11.1 Å². The Bertz CT molecular complexity index is 585. The molecular formula is C14H21ClN2O3S. The van der Waals surface area contributed by atoms with Crippen LogP contribution in [0.3, 0.4) is 0 Å². The van der Waals surface area contributed by atoms with Gasteiger partial charge in [-0.05, 0) is 37.1 Å². The van der Waals surface area contributed by atoms with Crippen molar-refractivity contribution in [2.24, 2.45) is 5.92 Å². The molecule has 0 radical (unpaired) electrons. The number of sulfonamides is 1. The number of amides is 1. The maximum absolute atomic E-state index is 12.0. The van der Waals surface area contributed by atoms with Gasteiger partial charge in [0.1, 0.15) is 6.54 Å². The van der Waals surface area contributed by atoms with E-state index in [1.54, 1.807) is 24.3 Å². The van der Waals surface area contributed by atoms with Gasteiger partial charge in [-0.1, -0.05) is 25.4 Å². The molecule has 1 aromatic rings. The summed E-state index contributed by atoms with van der Waals surface area (Å²) in [6.45, 7) is 5.60. The van der Waals surface area contributed by atoms with Crippen LogP contribution in [0.1, 0.15) is 20.8 Å². The molecule has 0 aliphatic carbocycles. The molecular weight excluding hydrogens is 312 g/mol. The monoisotopic (exact) mass is 332 g/mol. The highest BCUT2D eigenvalue weighted by atomic mass is 35.5. The summed E-state index contributed by atoms with van der Waals surface area (Å²) in [5.74, 6) is -0.0623. The third-order valence-corrected chi connectivity index (χ3v) is 4.58. The minimum atomic E-state index is -3.55. The molecule has 5 nitrogen and oxygen atoms in total. The molecule has 1 atom stereocenters. The lowest BCUT2D eigenvalue weighted by atomic mass is 10.1. The van der Waals surface area contributed by atoms with Crippen molar-refractivity contribution >= 4 is 33.2 Å². The Morgan fingerprint density at radius 1 is 1.24 bits per heavy atom. The molecule has 1 aromatic carbocycles. The van der Waals surface area contributed by atoms with Crippen molar-refractivity contribution in [1.82, 2.24) is 5.32 Å². The Balaban J connectivity index is 2.91. The summed E-state index contributed by atoms with van der Waals surface area (Å²) in [5, 5.41) is 3.30. The number of anilines is 1. The summed E-state index contributed by atoms with van der Waals surface area (Å²) in [4.78, 5) is 12.0. The lowest BCUT2D eigenvalue weighted by Crippen LogP contribution is -2.44. The molecule has 0 saturated carbocycles. The van der Waals surface area contributed by atoms with Crippen LogP contribution in [0.5, 0.6) is 0 Å². The fourth-order valence-electron chi connectivity index (χ4n) is 1.60. The van der Waals surface area contributed by atoms with Crippen LogP contribution in [-0.2, 0) is 14.8 Å².